The lowest BCUT2D eigenvalue weighted by Crippen LogP contribution is -2.38. The summed E-state index contributed by atoms with van der Waals surface area (Å²) in [6.07, 6.45) is 0.786. The van der Waals surface area contributed by atoms with Crippen molar-refractivity contribution in [3.8, 4) is 0 Å². The number of aliphatic hydroxyl groups excluding tert-OH is 1. The van der Waals surface area contributed by atoms with Crippen LogP contribution in [-0.2, 0) is 4.79 Å². The van der Waals surface area contributed by atoms with Crippen LogP contribution in [0.1, 0.15) is 6.42 Å². The van der Waals surface area contributed by atoms with Gasteiger partial charge in [0.2, 0.25) is 0 Å². The maximum Gasteiger partial charge on any atom is 0.183 e. The fourth-order valence-corrected chi connectivity index (χ4v) is 0.788. The van der Waals surface area contributed by atoms with Crippen LogP contribution in [0.15, 0.2) is 12.7 Å². The molecule has 1 unspecified atom stereocenters. The van der Waals surface area contributed by atoms with E-state index in [4.69, 9.17) is 0 Å². The summed E-state index contributed by atoms with van der Waals surface area (Å²) >= 11 is 0. The second-order valence-electron chi connectivity index (χ2n) is 3.92. The molecule has 0 aromatic carbocycles. The number of hydrogen-bond donors (Lipinski definition) is 1. The Balaban J connectivity index is 3.79. The van der Waals surface area contributed by atoms with Crippen LogP contribution >= 0.6 is 0 Å². The van der Waals surface area contributed by atoms with Crippen molar-refractivity contribution >= 4 is 5.78 Å². The Kier molecular flexibility index (Phi) is 4.13. The topological polar surface area (TPSA) is 37.3 Å². The highest BCUT2D eigenvalue weighted by Gasteiger charge is 2.15. The summed E-state index contributed by atoms with van der Waals surface area (Å²) in [5.74, 6) is -0.288. The first-order valence-electron chi connectivity index (χ1n) is 4.01. The van der Waals surface area contributed by atoms with Gasteiger partial charge >= 0.3 is 0 Å². The highest BCUT2D eigenvalue weighted by molar-refractivity contribution is 5.92. The zero-order chi connectivity index (χ0) is 9.78. The zero-order valence-electron chi connectivity index (χ0n) is 8.08. The minimum absolute atomic E-state index is 0.288. The molecule has 0 aromatic rings. The van der Waals surface area contributed by atoms with Gasteiger partial charge in [-0.3, -0.25) is 4.79 Å². The maximum absolute atomic E-state index is 10.9. The predicted molar refractivity (Wildman–Crippen MR) is 48.7 cm³/mol. The summed E-state index contributed by atoms with van der Waals surface area (Å²) in [5.41, 5.74) is 0. The molecule has 3 nitrogen and oxygen atoms in total. The third kappa shape index (κ3) is 5.04. The summed E-state index contributed by atoms with van der Waals surface area (Å²) in [6, 6.07) is 0. The highest BCUT2D eigenvalue weighted by atomic mass is 16.3. The van der Waals surface area contributed by atoms with E-state index in [1.165, 1.54) is 6.08 Å². The molecule has 0 aliphatic heterocycles. The van der Waals surface area contributed by atoms with Gasteiger partial charge in [0.1, 0.15) is 6.10 Å². The van der Waals surface area contributed by atoms with Crippen LogP contribution in [0.3, 0.4) is 0 Å². The molecule has 0 aliphatic carbocycles. The van der Waals surface area contributed by atoms with E-state index in [0.29, 0.717) is 6.42 Å². The minimum atomic E-state index is -0.875. The number of hydrogen-bond acceptors (Lipinski definition) is 2. The Morgan fingerprint density at radius 1 is 1.58 bits per heavy atom. The summed E-state index contributed by atoms with van der Waals surface area (Å²) in [7, 11) is 6.06. The minimum Gasteiger partial charge on any atom is -0.385 e. The van der Waals surface area contributed by atoms with Crippen molar-refractivity contribution in [2.24, 2.45) is 0 Å². The van der Waals surface area contributed by atoms with Crippen LogP contribution in [0.4, 0.5) is 0 Å². The Morgan fingerprint density at radius 2 is 2.08 bits per heavy atom. The fraction of sp³-hybridized carbons (Fsp3) is 0.667. The molecule has 0 fully saturated rings. The fourth-order valence-electron chi connectivity index (χ4n) is 0.788. The largest absolute Gasteiger partial charge is 0.385 e. The number of nitrogens with zero attached hydrogens (tertiary/aromatic N) is 1. The molecule has 0 heterocycles. The second-order valence-corrected chi connectivity index (χ2v) is 3.92. The molecule has 0 bridgehead atoms. The van der Waals surface area contributed by atoms with Crippen LogP contribution in [0.2, 0.25) is 0 Å². The SMILES string of the molecule is C=CC(=O)C(O)CC[N+](C)(C)C. The van der Waals surface area contributed by atoms with Gasteiger partial charge in [-0.2, -0.15) is 0 Å². The van der Waals surface area contributed by atoms with Crippen molar-refractivity contribution in [2.45, 2.75) is 12.5 Å². The first-order chi connectivity index (χ1) is 5.37. The average molecular weight is 172 g/mol. The molecule has 12 heavy (non-hydrogen) atoms. The highest BCUT2D eigenvalue weighted by Crippen LogP contribution is 1.99. The van der Waals surface area contributed by atoms with Crippen molar-refractivity contribution in [1.82, 2.24) is 0 Å². The summed E-state index contributed by atoms with van der Waals surface area (Å²) < 4.78 is 0.751. The smallest absolute Gasteiger partial charge is 0.183 e. The molecule has 1 N–H and O–H groups in total. The summed E-state index contributed by atoms with van der Waals surface area (Å²) in [6.45, 7) is 4.09. The summed E-state index contributed by atoms with van der Waals surface area (Å²) in [4.78, 5) is 10.9. The first kappa shape index (κ1) is 11.3. The third-order valence-corrected chi connectivity index (χ3v) is 1.60. The van der Waals surface area contributed by atoms with Crippen LogP contribution in [-0.4, -0.2) is 49.2 Å². The molecule has 0 aromatic heterocycles. The molecule has 0 saturated heterocycles. The molecular weight excluding hydrogens is 154 g/mol. The van der Waals surface area contributed by atoms with E-state index < -0.39 is 6.10 Å². The van der Waals surface area contributed by atoms with Crippen molar-refractivity contribution < 1.29 is 14.4 Å². The number of carbonyl (C=O) groups excluding carboxylic acids is 1. The van der Waals surface area contributed by atoms with Crippen molar-refractivity contribution in [1.29, 1.82) is 0 Å². The first-order valence-corrected chi connectivity index (χ1v) is 4.01. The van der Waals surface area contributed by atoms with E-state index in [1.807, 2.05) is 21.1 Å². The molecule has 0 radical (unpaired) electrons. The van der Waals surface area contributed by atoms with E-state index in [9.17, 15) is 9.90 Å². The van der Waals surface area contributed by atoms with Gasteiger partial charge in [-0.15, -0.1) is 0 Å². The van der Waals surface area contributed by atoms with Crippen LogP contribution in [0, 0.1) is 0 Å². The molecule has 0 aliphatic rings. The lowest BCUT2D eigenvalue weighted by atomic mass is 10.1. The maximum atomic E-state index is 10.9. The van der Waals surface area contributed by atoms with Gasteiger partial charge in [0.15, 0.2) is 5.78 Å². The zero-order valence-corrected chi connectivity index (χ0v) is 8.08. The Hall–Kier alpha value is -0.670. The van der Waals surface area contributed by atoms with Crippen molar-refractivity contribution in [2.75, 3.05) is 27.7 Å². The molecule has 3 heteroatoms. The molecule has 0 spiro atoms. The van der Waals surface area contributed by atoms with Crippen molar-refractivity contribution in [3.63, 3.8) is 0 Å². The van der Waals surface area contributed by atoms with Gasteiger partial charge < -0.3 is 9.59 Å². The van der Waals surface area contributed by atoms with Crippen LogP contribution < -0.4 is 0 Å². The van der Waals surface area contributed by atoms with E-state index in [0.717, 1.165) is 11.0 Å². The van der Waals surface area contributed by atoms with Gasteiger partial charge in [-0.05, 0) is 6.08 Å². The lowest BCUT2D eigenvalue weighted by Gasteiger charge is -2.24. The van der Waals surface area contributed by atoms with Crippen LogP contribution in [0.5, 0.6) is 0 Å². The third-order valence-electron chi connectivity index (χ3n) is 1.60. The number of rotatable bonds is 5. The van der Waals surface area contributed by atoms with Gasteiger partial charge in [-0.25, -0.2) is 0 Å². The summed E-state index contributed by atoms with van der Waals surface area (Å²) in [5, 5.41) is 9.25. The van der Waals surface area contributed by atoms with E-state index in [1.54, 1.807) is 0 Å². The molecule has 0 saturated carbocycles. The standard InChI is InChI=1S/C9H18NO2/c1-5-8(11)9(12)6-7-10(2,3)4/h5,9,12H,1,6-7H2,2-4H3/q+1. The molecule has 70 valence electrons. The van der Waals surface area contributed by atoms with Gasteiger partial charge in [0.05, 0.1) is 27.7 Å². The van der Waals surface area contributed by atoms with E-state index in [2.05, 4.69) is 6.58 Å². The molecule has 0 rings (SSSR count). The van der Waals surface area contributed by atoms with E-state index in [-0.39, 0.29) is 5.78 Å². The Bertz CT molecular complexity index is 170. The molecular formula is C9H18NO2+. The second kappa shape index (κ2) is 4.38. The number of quaternary nitrogens is 1. The predicted octanol–water partition coefficient (Wildman–Crippen LogP) is 0.199. The monoisotopic (exact) mass is 172 g/mol. The lowest BCUT2D eigenvalue weighted by molar-refractivity contribution is -0.870. The molecule has 1 atom stereocenters. The van der Waals surface area contributed by atoms with Gasteiger partial charge in [-0.1, -0.05) is 6.58 Å². The average Bonchev–Trinajstić information content (AvgIpc) is 1.97. The van der Waals surface area contributed by atoms with Crippen molar-refractivity contribution in [3.05, 3.63) is 12.7 Å². The number of aliphatic hydroxyl groups is 1. The number of ketones is 1. The Labute approximate surface area is 73.9 Å². The quantitative estimate of drug-likeness (QED) is 0.475. The molecule has 0 amide bonds. The Morgan fingerprint density at radius 3 is 2.42 bits per heavy atom. The van der Waals surface area contributed by atoms with Crippen LogP contribution in [0.25, 0.3) is 0 Å². The normalized spacial score (nSPS) is 14.0. The van der Waals surface area contributed by atoms with Gasteiger partial charge in [0.25, 0.3) is 0 Å². The number of carbonyl (C=O) groups is 1. The van der Waals surface area contributed by atoms with E-state index >= 15 is 0 Å². The van der Waals surface area contributed by atoms with Gasteiger partial charge in [0, 0.05) is 6.42 Å².